The SMILES string of the molecule is CCCCNCc1ccoc1C(=O)O. The lowest BCUT2D eigenvalue weighted by Gasteiger charge is -2.01. The summed E-state index contributed by atoms with van der Waals surface area (Å²) >= 11 is 0. The van der Waals surface area contributed by atoms with Crippen molar-refractivity contribution < 1.29 is 14.3 Å². The molecule has 0 aromatic carbocycles. The van der Waals surface area contributed by atoms with Crippen molar-refractivity contribution in [3.05, 3.63) is 23.7 Å². The average molecular weight is 197 g/mol. The summed E-state index contributed by atoms with van der Waals surface area (Å²) in [4.78, 5) is 10.7. The fraction of sp³-hybridized carbons (Fsp3) is 0.500. The third kappa shape index (κ3) is 2.88. The Bertz CT molecular complexity index is 293. The highest BCUT2D eigenvalue weighted by Crippen LogP contribution is 2.09. The Morgan fingerprint density at radius 1 is 1.64 bits per heavy atom. The van der Waals surface area contributed by atoms with E-state index >= 15 is 0 Å². The molecule has 1 rings (SSSR count). The molecule has 0 atom stereocenters. The van der Waals surface area contributed by atoms with Crippen molar-refractivity contribution in [1.82, 2.24) is 5.32 Å². The van der Waals surface area contributed by atoms with Crippen LogP contribution in [-0.4, -0.2) is 17.6 Å². The van der Waals surface area contributed by atoms with Gasteiger partial charge >= 0.3 is 5.97 Å². The molecule has 2 N–H and O–H groups in total. The second-order valence-corrected chi connectivity index (χ2v) is 3.11. The van der Waals surface area contributed by atoms with Gasteiger partial charge in [0.1, 0.15) is 0 Å². The summed E-state index contributed by atoms with van der Waals surface area (Å²) in [7, 11) is 0. The second-order valence-electron chi connectivity index (χ2n) is 3.11. The van der Waals surface area contributed by atoms with E-state index in [9.17, 15) is 4.79 Å². The van der Waals surface area contributed by atoms with Gasteiger partial charge in [0.25, 0.3) is 0 Å². The van der Waals surface area contributed by atoms with Crippen LogP contribution in [0.4, 0.5) is 0 Å². The molecule has 1 heterocycles. The first-order valence-corrected chi connectivity index (χ1v) is 4.76. The monoisotopic (exact) mass is 197 g/mol. The summed E-state index contributed by atoms with van der Waals surface area (Å²) in [6, 6.07) is 1.68. The number of hydrogen-bond donors (Lipinski definition) is 2. The molecule has 0 amide bonds. The number of hydrogen-bond acceptors (Lipinski definition) is 3. The molecule has 0 radical (unpaired) electrons. The first-order valence-electron chi connectivity index (χ1n) is 4.76. The summed E-state index contributed by atoms with van der Waals surface area (Å²) in [5.41, 5.74) is 0.702. The van der Waals surface area contributed by atoms with Crippen molar-refractivity contribution in [1.29, 1.82) is 0 Å². The molecule has 0 aliphatic carbocycles. The van der Waals surface area contributed by atoms with Crippen LogP contribution in [-0.2, 0) is 6.54 Å². The minimum absolute atomic E-state index is 0.0361. The van der Waals surface area contributed by atoms with E-state index in [1.807, 2.05) is 0 Å². The maximum atomic E-state index is 10.7. The number of aromatic carboxylic acids is 1. The second kappa shape index (κ2) is 5.44. The molecule has 4 nitrogen and oxygen atoms in total. The first-order chi connectivity index (χ1) is 6.75. The van der Waals surface area contributed by atoms with Gasteiger partial charge in [0, 0.05) is 12.1 Å². The maximum Gasteiger partial charge on any atom is 0.372 e. The van der Waals surface area contributed by atoms with Gasteiger partial charge in [-0.15, -0.1) is 0 Å². The number of rotatable bonds is 6. The van der Waals surface area contributed by atoms with Crippen LogP contribution in [0.25, 0.3) is 0 Å². The lowest BCUT2D eigenvalue weighted by Crippen LogP contribution is -2.15. The van der Waals surface area contributed by atoms with Crippen molar-refractivity contribution in [3.63, 3.8) is 0 Å². The van der Waals surface area contributed by atoms with Crippen LogP contribution in [0.15, 0.2) is 16.7 Å². The van der Waals surface area contributed by atoms with E-state index in [0.717, 1.165) is 19.4 Å². The molecule has 0 saturated heterocycles. The Morgan fingerprint density at radius 2 is 2.43 bits per heavy atom. The summed E-state index contributed by atoms with van der Waals surface area (Å²) in [6.07, 6.45) is 3.63. The Hall–Kier alpha value is -1.29. The molecule has 14 heavy (non-hydrogen) atoms. The van der Waals surface area contributed by atoms with Crippen LogP contribution in [0.2, 0.25) is 0 Å². The zero-order valence-corrected chi connectivity index (χ0v) is 8.25. The molecule has 0 aliphatic rings. The van der Waals surface area contributed by atoms with Crippen LogP contribution in [0, 0.1) is 0 Å². The average Bonchev–Trinajstić information content (AvgIpc) is 2.60. The van der Waals surface area contributed by atoms with Crippen molar-refractivity contribution >= 4 is 5.97 Å². The molecule has 0 aliphatic heterocycles. The smallest absolute Gasteiger partial charge is 0.372 e. The molecule has 0 spiro atoms. The van der Waals surface area contributed by atoms with Gasteiger partial charge in [0.2, 0.25) is 5.76 Å². The molecule has 0 fully saturated rings. The first kappa shape index (κ1) is 10.8. The van der Waals surface area contributed by atoms with Crippen molar-refractivity contribution in [3.8, 4) is 0 Å². The molecule has 1 aromatic rings. The van der Waals surface area contributed by atoms with Crippen molar-refractivity contribution in [2.45, 2.75) is 26.3 Å². The number of carboxylic acid groups (broad SMARTS) is 1. The van der Waals surface area contributed by atoms with Gasteiger partial charge in [0.05, 0.1) is 6.26 Å². The number of carboxylic acids is 1. The van der Waals surface area contributed by atoms with Crippen LogP contribution >= 0.6 is 0 Å². The van der Waals surface area contributed by atoms with E-state index in [0.29, 0.717) is 12.1 Å². The van der Waals surface area contributed by atoms with Gasteiger partial charge < -0.3 is 14.8 Å². The van der Waals surface area contributed by atoms with E-state index in [-0.39, 0.29) is 5.76 Å². The molecule has 1 aromatic heterocycles. The Balaban J connectivity index is 2.42. The van der Waals surface area contributed by atoms with Crippen molar-refractivity contribution in [2.24, 2.45) is 0 Å². The molecule has 78 valence electrons. The summed E-state index contributed by atoms with van der Waals surface area (Å²) in [5, 5.41) is 11.9. The minimum Gasteiger partial charge on any atom is -0.475 e. The van der Waals surface area contributed by atoms with Crippen LogP contribution in [0.1, 0.15) is 35.9 Å². The molecule has 0 saturated carbocycles. The normalized spacial score (nSPS) is 10.4. The lowest BCUT2D eigenvalue weighted by atomic mass is 10.2. The van der Waals surface area contributed by atoms with Gasteiger partial charge in [-0.1, -0.05) is 13.3 Å². The summed E-state index contributed by atoms with van der Waals surface area (Å²) in [6.45, 7) is 3.57. The Labute approximate surface area is 82.9 Å². The Morgan fingerprint density at radius 3 is 3.07 bits per heavy atom. The van der Waals surface area contributed by atoms with Crippen LogP contribution in [0.5, 0.6) is 0 Å². The molecule has 0 bridgehead atoms. The quantitative estimate of drug-likeness (QED) is 0.683. The standard InChI is InChI=1S/C10H15NO3/c1-2-3-5-11-7-8-4-6-14-9(8)10(12)13/h4,6,11H,2-3,5,7H2,1H3,(H,12,13). The zero-order chi connectivity index (χ0) is 10.4. The van der Waals surface area contributed by atoms with Crippen LogP contribution in [0.3, 0.4) is 0 Å². The van der Waals surface area contributed by atoms with Gasteiger partial charge in [0.15, 0.2) is 0 Å². The van der Waals surface area contributed by atoms with Gasteiger partial charge in [-0.3, -0.25) is 0 Å². The van der Waals surface area contributed by atoms with E-state index < -0.39 is 5.97 Å². The number of unbranched alkanes of at least 4 members (excludes halogenated alkanes) is 1. The largest absolute Gasteiger partial charge is 0.475 e. The molecule has 4 heteroatoms. The van der Waals surface area contributed by atoms with Gasteiger partial charge in [-0.05, 0) is 19.0 Å². The van der Waals surface area contributed by atoms with E-state index in [4.69, 9.17) is 9.52 Å². The minimum atomic E-state index is -1.01. The van der Waals surface area contributed by atoms with Crippen molar-refractivity contribution in [2.75, 3.05) is 6.54 Å². The maximum absolute atomic E-state index is 10.7. The highest BCUT2D eigenvalue weighted by molar-refractivity contribution is 5.86. The molecular formula is C10H15NO3. The topological polar surface area (TPSA) is 62.5 Å². The Kier molecular flexibility index (Phi) is 4.19. The number of nitrogens with one attached hydrogen (secondary N) is 1. The fourth-order valence-corrected chi connectivity index (χ4v) is 1.19. The van der Waals surface area contributed by atoms with Gasteiger partial charge in [-0.25, -0.2) is 4.79 Å². The highest BCUT2D eigenvalue weighted by Gasteiger charge is 2.12. The third-order valence-electron chi connectivity index (χ3n) is 1.96. The predicted octanol–water partition coefficient (Wildman–Crippen LogP) is 1.87. The predicted molar refractivity (Wildman–Crippen MR) is 52.3 cm³/mol. The van der Waals surface area contributed by atoms with E-state index in [1.165, 1.54) is 6.26 Å². The van der Waals surface area contributed by atoms with Crippen LogP contribution < -0.4 is 5.32 Å². The summed E-state index contributed by atoms with van der Waals surface area (Å²) in [5.74, 6) is -0.976. The van der Waals surface area contributed by atoms with Gasteiger partial charge in [-0.2, -0.15) is 0 Å². The molecular weight excluding hydrogens is 182 g/mol. The van der Waals surface area contributed by atoms with E-state index in [1.54, 1.807) is 6.07 Å². The number of carbonyl (C=O) groups is 1. The lowest BCUT2D eigenvalue weighted by molar-refractivity contribution is 0.0660. The summed E-state index contributed by atoms with van der Waals surface area (Å²) < 4.78 is 4.84. The zero-order valence-electron chi connectivity index (χ0n) is 8.25. The molecule has 0 unspecified atom stereocenters. The fourth-order valence-electron chi connectivity index (χ4n) is 1.19. The number of furan rings is 1. The third-order valence-corrected chi connectivity index (χ3v) is 1.96. The highest BCUT2D eigenvalue weighted by atomic mass is 16.4. The van der Waals surface area contributed by atoms with E-state index in [2.05, 4.69) is 12.2 Å².